The summed E-state index contributed by atoms with van der Waals surface area (Å²) in [5.41, 5.74) is 15.0. The molecule has 278 valence electrons. The highest BCUT2D eigenvalue weighted by molar-refractivity contribution is 6.18. The highest BCUT2D eigenvalue weighted by atomic mass is 15.0. The third-order valence-corrected chi connectivity index (χ3v) is 12.4. The van der Waals surface area contributed by atoms with Gasteiger partial charge in [0.2, 0.25) is 0 Å². The SMILES string of the molecule is CC1(C)c2ccccc2-c2c1ccc1c2c2ccccc2n1-c1ccc(-c2nc(-c3ccccc3)nc(-c3cccc(-n4c5ccccc5c5ccccc54)c3)n2)cc1. The van der Waals surface area contributed by atoms with E-state index < -0.39 is 0 Å². The Bertz CT molecular complexity index is 3410. The van der Waals surface area contributed by atoms with Crippen molar-refractivity contribution < 1.29 is 0 Å². The quantitative estimate of drug-likeness (QED) is 0.176. The molecule has 0 fully saturated rings. The smallest absolute Gasteiger partial charge is 0.164 e. The van der Waals surface area contributed by atoms with Crippen molar-refractivity contribution in [3.05, 3.63) is 199 Å². The fraction of sp³-hybridized carbons (Fsp3) is 0.0556. The molecule has 0 unspecified atom stereocenters. The van der Waals surface area contributed by atoms with E-state index in [0.29, 0.717) is 17.5 Å². The molecule has 59 heavy (non-hydrogen) atoms. The number of nitrogens with zero attached hydrogens (tertiary/aromatic N) is 5. The van der Waals surface area contributed by atoms with Crippen molar-refractivity contribution in [1.82, 2.24) is 24.1 Å². The summed E-state index contributed by atoms with van der Waals surface area (Å²) in [4.78, 5) is 15.4. The van der Waals surface area contributed by atoms with E-state index in [1.807, 2.05) is 18.2 Å². The van der Waals surface area contributed by atoms with E-state index in [4.69, 9.17) is 15.0 Å². The van der Waals surface area contributed by atoms with Gasteiger partial charge < -0.3 is 9.13 Å². The highest BCUT2D eigenvalue weighted by Gasteiger charge is 2.37. The Morgan fingerprint density at radius 1 is 0.373 bits per heavy atom. The van der Waals surface area contributed by atoms with Crippen molar-refractivity contribution in [2.45, 2.75) is 19.3 Å². The van der Waals surface area contributed by atoms with Gasteiger partial charge in [0.1, 0.15) is 0 Å². The van der Waals surface area contributed by atoms with E-state index in [-0.39, 0.29) is 5.41 Å². The molecule has 3 heterocycles. The fourth-order valence-electron chi connectivity index (χ4n) is 9.63. The van der Waals surface area contributed by atoms with Crippen LogP contribution in [0.25, 0.3) is 100 Å². The lowest BCUT2D eigenvalue weighted by Gasteiger charge is -2.21. The van der Waals surface area contributed by atoms with Crippen molar-refractivity contribution in [3.8, 4) is 56.7 Å². The molecule has 12 rings (SSSR count). The zero-order valence-electron chi connectivity index (χ0n) is 32.6. The van der Waals surface area contributed by atoms with Crippen molar-refractivity contribution in [1.29, 1.82) is 0 Å². The molecule has 8 aromatic carbocycles. The first kappa shape index (κ1) is 33.5. The minimum atomic E-state index is -0.0701. The Morgan fingerprint density at radius 3 is 1.59 bits per heavy atom. The molecular formula is C54H37N5. The second kappa shape index (κ2) is 12.7. The predicted octanol–water partition coefficient (Wildman–Crippen LogP) is 13.4. The van der Waals surface area contributed by atoms with Gasteiger partial charge in [0.05, 0.1) is 22.1 Å². The summed E-state index contributed by atoms with van der Waals surface area (Å²) in [5, 5.41) is 5.02. The topological polar surface area (TPSA) is 48.5 Å². The van der Waals surface area contributed by atoms with Gasteiger partial charge in [0.25, 0.3) is 0 Å². The molecule has 0 spiro atoms. The Morgan fingerprint density at radius 2 is 0.898 bits per heavy atom. The van der Waals surface area contributed by atoms with Crippen LogP contribution in [0.3, 0.4) is 0 Å². The number of fused-ring (bicyclic) bond motifs is 10. The summed E-state index contributed by atoms with van der Waals surface area (Å²) in [7, 11) is 0. The Kier molecular flexibility index (Phi) is 7.20. The first-order valence-corrected chi connectivity index (χ1v) is 20.2. The lowest BCUT2D eigenvalue weighted by atomic mass is 9.82. The average molecular weight is 756 g/mol. The second-order valence-corrected chi connectivity index (χ2v) is 16.0. The minimum Gasteiger partial charge on any atom is -0.309 e. The molecule has 5 heteroatoms. The van der Waals surface area contributed by atoms with Crippen LogP contribution in [0.1, 0.15) is 25.0 Å². The van der Waals surface area contributed by atoms with E-state index in [1.165, 1.54) is 54.8 Å². The number of rotatable bonds is 5. The summed E-state index contributed by atoms with van der Waals surface area (Å²) < 4.78 is 4.73. The number of hydrogen-bond donors (Lipinski definition) is 0. The lowest BCUT2D eigenvalue weighted by Crippen LogP contribution is -2.14. The maximum atomic E-state index is 5.17. The van der Waals surface area contributed by atoms with E-state index in [2.05, 4.69) is 193 Å². The molecule has 0 radical (unpaired) electrons. The number of para-hydroxylation sites is 3. The van der Waals surface area contributed by atoms with Crippen molar-refractivity contribution >= 4 is 43.6 Å². The molecule has 0 amide bonds. The van der Waals surface area contributed by atoms with Crippen LogP contribution in [0.15, 0.2) is 188 Å². The van der Waals surface area contributed by atoms with E-state index in [0.717, 1.165) is 39.1 Å². The average Bonchev–Trinajstić information content (AvgIpc) is 3.90. The Labute approximate surface area is 341 Å². The van der Waals surface area contributed by atoms with Crippen LogP contribution in [-0.4, -0.2) is 24.1 Å². The maximum absolute atomic E-state index is 5.17. The first-order valence-electron chi connectivity index (χ1n) is 20.2. The van der Waals surface area contributed by atoms with Gasteiger partial charge in [0.15, 0.2) is 17.5 Å². The minimum absolute atomic E-state index is 0.0701. The maximum Gasteiger partial charge on any atom is 0.164 e. The van der Waals surface area contributed by atoms with Gasteiger partial charge in [-0.2, -0.15) is 0 Å². The van der Waals surface area contributed by atoms with Gasteiger partial charge in [-0.3, -0.25) is 0 Å². The number of hydrogen-bond acceptors (Lipinski definition) is 3. The van der Waals surface area contributed by atoms with E-state index in [9.17, 15) is 0 Å². The summed E-state index contributed by atoms with van der Waals surface area (Å²) >= 11 is 0. The molecule has 0 atom stereocenters. The highest BCUT2D eigenvalue weighted by Crippen LogP contribution is 2.53. The van der Waals surface area contributed by atoms with Crippen LogP contribution < -0.4 is 0 Å². The van der Waals surface area contributed by atoms with Crippen LogP contribution in [-0.2, 0) is 5.41 Å². The Hall–Kier alpha value is -7.63. The van der Waals surface area contributed by atoms with Crippen molar-refractivity contribution in [2.24, 2.45) is 0 Å². The standard InChI is InChI=1S/C54H37N5/c1-54(2)43-23-10-6-21-41(43)49-44(54)31-32-48-50(49)42-22-9-13-26-47(42)58(48)37-29-27-35(28-30-37)52-55-51(34-15-4-3-5-16-34)56-53(57-52)36-17-14-18-38(33-36)59-45-24-11-7-19-39(45)40-20-8-12-25-46(40)59/h3-33H,1-2H3. The van der Waals surface area contributed by atoms with Gasteiger partial charge in [0, 0.05) is 55.0 Å². The zero-order chi connectivity index (χ0) is 39.2. The fourth-order valence-corrected chi connectivity index (χ4v) is 9.63. The molecule has 3 aromatic heterocycles. The normalized spacial score (nSPS) is 13.1. The lowest BCUT2D eigenvalue weighted by molar-refractivity contribution is 0.661. The summed E-state index contributed by atoms with van der Waals surface area (Å²) in [5.74, 6) is 1.89. The Balaban J connectivity index is 0.997. The molecule has 1 aliphatic rings. The van der Waals surface area contributed by atoms with Crippen molar-refractivity contribution in [2.75, 3.05) is 0 Å². The van der Waals surface area contributed by atoms with Crippen LogP contribution in [0.2, 0.25) is 0 Å². The van der Waals surface area contributed by atoms with Crippen LogP contribution in [0.4, 0.5) is 0 Å². The molecule has 1 aliphatic carbocycles. The van der Waals surface area contributed by atoms with Gasteiger partial charge in [-0.1, -0.05) is 141 Å². The number of aromatic nitrogens is 5. The zero-order valence-corrected chi connectivity index (χ0v) is 32.6. The first-order chi connectivity index (χ1) is 29.0. The van der Waals surface area contributed by atoms with Crippen molar-refractivity contribution in [3.63, 3.8) is 0 Å². The third kappa shape index (κ3) is 5.01. The summed E-state index contributed by atoms with van der Waals surface area (Å²) in [6.45, 7) is 4.69. The molecule has 0 saturated heterocycles. The number of benzene rings is 8. The molecule has 0 bridgehead atoms. The monoisotopic (exact) mass is 755 g/mol. The van der Waals surface area contributed by atoms with E-state index >= 15 is 0 Å². The summed E-state index contributed by atoms with van der Waals surface area (Å²) in [6, 6.07) is 66.9. The molecule has 0 aliphatic heterocycles. The van der Waals surface area contributed by atoms with Crippen LogP contribution in [0, 0.1) is 0 Å². The predicted molar refractivity (Wildman–Crippen MR) is 242 cm³/mol. The van der Waals surface area contributed by atoms with Crippen LogP contribution >= 0.6 is 0 Å². The van der Waals surface area contributed by atoms with Gasteiger partial charge in [-0.25, -0.2) is 15.0 Å². The molecule has 5 nitrogen and oxygen atoms in total. The van der Waals surface area contributed by atoms with Crippen LogP contribution in [0.5, 0.6) is 0 Å². The van der Waals surface area contributed by atoms with Gasteiger partial charge >= 0.3 is 0 Å². The van der Waals surface area contributed by atoms with Gasteiger partial charge in [-0.05, 0) is 82.9 Å². The molecule has 0 N–H and O–H groups in total. The summed E-state index contributed by atoms with van der Waals surface area (Å²) in [6.07, 6.45) is 0. The largest absolute Gasteiger partial charge is 0.309 e. The second-order valence-electron chi connectivity index (χ2n) is 16.0. The van der Waals surface area contributed by atoms with Gasteiger partial charge in [-0.15, -0.1) is 0 Å². The van der Waals surface area contributed by atoms with E-state index in [1.54, 1.807) is 0 Å². The molecular weight excluding hydrogens is 719 g/mol. The third-order valence-electron chi connectivity index (χ3n) is 12.4. The molecule has 0 saturated carbocycles. The molecule has 11 aromatic rings.